The predicted octanol–water partition coefficient (Wildman–Crippen LogP) is 2.77. The van der Waals surface area contributed by atoms with Crippen molar-refractivity contribution in [1.29, 1.82) is 0 Å². The predicted molar refractivity (Wildman–Crippen MR) is 65.9 cm³/mol. The minimum atomic E-state index is -1.61. The summed E-state index contributed by atoms with van der Waals surface area (Å²) in [6.45, 7) is 13.0. The Morgan fingerprint density at radius 2 is 2.00 bits per heavy atom. The highest BCUT2D eigenvalue weighted by Crippen LogP contribution is 2.40. The first-order chi connectivity index (χ1) is 7.31. The number of hydrogen-bond acceptors (Lipinski definition) is 3. The molecule has 16 heavy (non-hydrogen) atoms. The minimum Gasteiger partial charge on any atom is -0.414 e. The summed E-state index contributed by atoms with van der Waals surface area (Å²) < 4.78 is 17.2. The van der Waals surface area contributed by atoms with E-state index in [-0.39, 0.29) is 17.4 Å². The van der Waals surface area contributed by atoms with Crippen LogP contribution >= 0.6 is 0 Å². The minimum absolute atomic E-state index is 0.0769. The third-order valence-electron chi connectivity index (χ3n) is 4.28. The van der Waals surface area contributed by atoms with Crippen LogP contribution in [0, 0.1) is 5.92 Å². The van der Waals surface area contributed by atoms with Crippen LogP contribution in [0.3, 0.4) is 0 Å². The molecule has 2 aliphatic heterocycles. The highest BCUT2D eigenvalue weighted by atomic mass is 28.4. The average Bonchev–Trinajstić information content (AvgIpc) is 2.45. The number of hydrogen-bond donors (Lipinski definition) is 0. The van der Waals surface area contributed by atoms with E-state index in [9.17, 15) is 0 Å². The zero-order chi connectivity index (χ0) is 12.0. The molecule has 94 valence electrons. The molecule has 0 N–H and O–H groups in total. The van der Waals surface area contributed by atoms with Gasteiger partial charge in [-0.3, -0.25) is 0 Å². The molecule has 2 heterocycles. The molecule has 0 aromatic heterocycles. The lowest BCUT2D eigenvalue weighted by Crippen LogP contribution is -2.51. The second-order valence-corrected chi connectivity index (χ2v) is 11.2. The number of ether oxygens (including phenoxy) is 2. The standard InChI is InChI=1S/C12H24O3Si/c1-12(2,3)16(4,5)14-8-10-9-6-7-13-11(9)15-10/h9-11H,6-8H2,1-5H3/t9-,10-,11+/m0/s1. The van der Waals surface area contributed by atoms with Crippen molar-refractivity contribution in [3.05, 3.63) is 0 Å². The summed E-state index contributed by atoms with van der Waals surface area (Å²) in [5, 5.41) is 0.280. The third kappa shape index (κ3) is 2.21. The lowest BCUT2D eigenvalue weighted by atomic mass is 9.95. The van der Waals surface area contributed by atoms with Gasteiger partial charge in [0, 0.05) is 5.92 Å². The summed E-state index contributed by atoms with van der Waals surface area (Å²) in [6, 6.07) is 0. The van der Waals surface area contributed by atoms with Crippen LogP contribution in [0.1, 0.15) is 27.2 Å². The lowest BCUT2D eigenvalue weighted by Gasteiger charge is -2.43. The summed E-state index contributed by atoms with van der Waals surface area (Å²) in [4.78, 5) is 0. The van der Waals surface area contributed by atoms with Crippen molar-refractivity contribution in [2.24, 2.45) is 5.92 Å². The van der Waals surface area contributed by atoms with Gasteiger partial charge >= 0.3 is 0 Å². The Bertz CT molecular complexity index is 259. The van der Waals surface area contributed by atoms with E-state index in [0.29, 0.717) is 5.92 Å². The van der Waals surface area contributed by atoms with E-state index in [0.717, 1.165) is 19.6 Å². The lowest BCUT2D eigenvalue weighted by molar-refractivity contribution is -0.269. The van der Waals surface area contributed by atoms with E-state index in [2.05, 4.69) is 33.9 Å². The van der Waals surface area contributed by atoms with Gasteiger partial charge in [0.05, 0.1) is 19.3 Å². The molecule has 0 saturated carbocycles. The SMILES string of the molecule is CC(C)(C)[Si](C)(C)OC[C@@H]1O[C@H]2OCC[C@H]21. The Morgan fingerprint density at radius 1 is 1.31 bits per heavy atom. The monoisotopic (exact) mass is 244 g/mol. The fourth-order valence-electron chi connectivity index (χ4n) is 1.93. The molecular weight excluding hydrogens is 220 g/mol. The van der Waals surface area contributed by atoms with Crippen LogP contribution in [0.2, 0.25) is 18.1 Å². The van der Waals surface area contributed by atoms with Crippen molar-refractivity contribution in [2.75, 3.05) is 13.2 Å². The van der Waals surface area contributed by atoms with Crippen molar-refractivity contribution >= 4 is 8.32 Å². The second kappa shape index (κ2) is 4.09. The van der Waals surface area contributed by atoms with Crippen LogP contribution in [-0.2, 0) is 13.9 Å². The molecule has 2 saturated heterocycles. The normalized spacial score (nSPS) is 34.7. The highest BCUT2D eigenvalue weighted by Gasteiger charge is 2.48. The van der Waals surface area contributed by atoms with Crippen LogP contribution in [-0.4, -0.2) is 33.9 Å². The van der Waals surface area contributed by atoms with E-state index >= 15 is 0 Å². The summed E-state index contributed by atoms with van der Waals surface area (Å²) in [7, 11) is -1.61. The van der Waals surface area contributed by atoms with Crippen molar-refractivity contribution in [3.63, 3.8) is 0 Å². The van der Waals surface area contributed by atoms with E-state index in [4.69, 9.17) is 13.9 Å². The van der Waals surface area contributed by atoms with Gasteiger partial charge in [-0.2, -0.15) is 0 Å². The Balaban J connectivity index is 1.80. The van der Waals surface area contributed by atoms with Crippen LogP contribution in [0.25, 0.3) is 0 Å². The fourth-order valence-corrected chi connectivity index (χ4v) is 2.95. The molecule has 0 bridgehead atoms. The van der Waals surface area contributed by atoms with Gasteiger partial charge in [-0.05, 0) is 24.6 Å². The van der Waals surface area contributed by atoms with E-state index in [1.54, 1.807) is 0 Å². The first-order valence-electron chi connectivity index (χ1n) is 6.22. The molecule has 0 aromatic carbocycles. The smallest absolute Gasteiger partial charge is 0.192 e. The molecule has 3 nitrogen and oxygen atoms in total. The largest absolute Gasteiger partial charge is 0.414 e. The van der Waals surface area contributed by atoms with E-state index in [1.807, 2.05) is 0 Å². The topological polar surface area (TPSA) is 27.7 Å². The molecule has 2 rings (SSSR count). The molecular formula is C12H24O3Si. The van der Waals surface area contributed by atoms with Gasteiger partial charge < -0.3 is 13.9 Å². The van der Waals surface area contributed by atoms with Gasteiger partial charge in [0.1, 0.15) is 0 Å². The van der Waals surface area contributed by atoms with Crippen LogP contribution in [0.15, 0.2) is 0 Å². The summed E-state index contributed by atoms with van der Waals surface area (Å²) in [5.74, 6) is 0.588. The molecule has 0 radical (unpaired) electrons. The van der Waals surface area contributed by atoms with Crippen molar-refractivity contribution in [3.8, 4) is 0 Å². The highest BCUT2D eigenvalue weighted by molar-refractivity contribution is 6.74. The second-order valence-electron chi connectivity index (χ2n) is 6.44. The average molecular weight is 244 g/mol. The summed E-state index contributed by atoms with van der Waals surface area (Å²) in [5.41, 5.74) is 0. The summed E-state index contributed by atoms with van der Waals surface area (Å²) >= 11 is 0. The number of fused-ring (bicyclic) bond motifs is 1. The zero-order valence-corrected chi connectivity index (χ0v) is 12.1. The van der Waals surface area contributed by atoms with Crippen LogP contribution in [0.5, 0.6) is 0 Å². The quantitative estimate of drug-likeness (QED) is 0.715. The van der Waals surface area contributed by atoms with Gasteiger partial charge in [-0.1, -0.05) is 20.8 Å². The number of rotatable bonds is 3. The Hall–Kier alpha value is 0.0969. The van der Waals surface area contributed by atoms with Gasteiger partial charge in [0.15, 0.2) is 14.6 Å². The molecule has 4 heteroatoms. The zero-order valence-electron chi connectivity index (χ0n) is 11.1. The first-order valence-corrected chi connectivity index (χ1v) is 9.13. The van der Waals surface area contributed by atoms with E-state index < -0.39 is 8.32 Å². The first kappa shape index (κ1) is 12.6. The van der Waals surface area contributed by atoms with Gasteiger partial charge in [0.25, 0.3) is 0 Å². The molecule has 0 aliphatic carbocycles. The van der Waals surface area contributed by atoms with Crippen molar-refractivity contribution in [1.82, 2.24) is 0 Å². The molecule has 2 fully saturated rings. The maximum atomic E-state index is 6.16. The Kier molecular flexibility index (Phi) is 3.21. The Labute approximate surface area is 99.6 Å². The van der Waals surface area contributed by atoms with Gasteiger partial charge in [-0.25, -0.2) is 0 Å². The molecule has 0 aromatic rings. The molecule has 0 unspecified atom stereocenters. The van der Waals surface area contributed by atoms with Crippen LogP contribution < -0.4 is 0 Å². The van der Waals surface area contributed by atoms with Crippen molar-refractivity contribution in [2.45, 2.75) is 57.7 Å². The summed E-state index contributed by atoms with van der Waals surface area (Å²) in [6.07, 6.45) is 1.49. The van der Waals surface area contributed by atoms with E-state index in [1.165, 1.54) is 0 Å². The molecule has 0 amide bonds. The Morgan fingerprint density at radius 3 is 2.56 bits per heavy atom. The fraction of sp³-hybridized carbons (Fsp3) is 1.00. The maximum absolute atomic E-state index is 6.16. The molecule has 3 atom stereocenters. The maximum Gasteiger partial charge on any atom is 0.192 e. The molecule has 2 aliphatic rings. The van der Waals surface area contributed by atoms with Crippen LogP contribution in [0.4, 0.5) is 0 Å². The molecule has 0 spiro atoms. The van der Waals surface area contributed by atoms with Crippen molar-refractivity contribution < 1.29 is 13.9 Å². The third-order valence-corrected chi connectivity index (χ3v) is 8.78. The van der Waals surface area contributed by atoms with Gasteiger partial charge in [0.2, 0.25) is 0 Å². The van der Waals surface area contributed by atoms with Gasteiger partial charge in [-0.15, -0.1) is 0 Å².